The van der Waals surface area contributed by atoms with E-state index in [4.69, 9.17) is 0 Å². The highest BCUT2D eigenvalue weighted by molar-refractivity contribution is 7.99. The molecular weight excluding hydrogens is 192 g/mol. The van der Waals surface area contributed by atoms with Gasteiger partial charge in [-0.3, -0.25) is 0 Å². The maximum atomic E-state index is 4.38. The highest BCUT2D eigenvalue weighted by atomic mass is 32.2. The topological polar surface area (TPSA) is 24.9 Å². The first kappa shape index (κ1) is 9.99. The number of aromatic nitrogens is 1. The molecule has 2 nitrogen and oxygen atoms in total. The maximum Gasteiger partial charge on any atom is 0.0960 e. The van der Waals surface area contributed by atoms with Crippen molar-refractivity contribution in [1.82, 2.24) is 10.3 Å². The lowest BCUT2D eigenvalue weighted by molar-refractivity contribution is 0.662. The van der Waals surface area contributed by atoms with Crippen molar-refractivity contribution < 1.29 is 0 Å². The largest absolute Gasteiger partial charge is 0.316 e. The highest BCUT2D eigenvalue weighted by Crippen LogP contribution is 2.21. The minimum absolute atomic E-state index is 0.836. The molecule has 1 fully saturated rings. The minimum atomic E-state index is 0.836. The van der Waals surface area contributed by atoms with Crippen LogP contribution in [0.15, 0.2) is 23.4 Å². The average molecular weight is 208 g/mol. The average Bonchev–Trinajstić information content (AvgIpc) is 2.70. The second kappa shape index (κ2) is 4.80. The van der Waals surface area contributed by atoms with Gasteiger partial charge in [-0.15, -0.1) is 11.8 Å². The van der Waals surface area contributed by atoms with Crippen LogP contribution in [0.3, 0.4) is 0 Å². The molecule has 2 rings (SSSR count). The summed E-state index contributed by atoms with van der Waals surface area (Å²) in [5, 5.41) is 4.54. The molecule has 0 aromatic carbocycles. The molecule has 1 saturated heterocycles. The Balaban J connectivity index is 1.82. The number of hydrogen-bond acceptors (Lipinski definition) is 3. The van der Waals surface area contributed by atoms with Crippen LogP contribution in [0.5, 0.6) is 0 Å². The standard InChI is InChI=1S/C11H16N2S/c1-9-2-3-11(13-6-9)14-8-10-4-5-12-7-10/h2-3,6,10,12H,4-5,7-8H2,1H3/t10-/m0/s1. The van der Waals surface area contributed by atoms with Crippen LogP contribution in [-0.2, 0) is 0 Å². The van der Waals surface area contributed by atoms with E-state index in [-0.39, 0.29) is 0 Å². The summed E-state index contributed by atoms with van der Waals surface area (Å²) in [4.78, 5) is 4.38. The highest BCUT2D eigenvalue weighted by Gasteiger charge is 2.14. The first-order valence-electron chi connectivity index (χ1n) is 5.11. The van der Waals surface area contributed by atoms with Gasteiger partial charge < -0.3 is 5.32 Å². The molecule has 0 saturated carbocycles. The van der Waals surface area contributed by atoms with Crippen LogP contribution in [0.4, 0.5) is 0 Å². The molecule has 0 bridgehead atoms. The lowest BCUT2D eigenvalue weighted by atomic mass is 10.2. The van der Waals surface area contributed by atoms with Crippen LogP contribution in [-0.4, -0.2) is 23.8 Å². The number of hydrogen-bond donors (Lipinski definition) is 1. The third-order valence-electron chi connectivity index (χ3n) is 2.51. The van der Waals surface area contributed by atoms with E-state index in [1.807, 2.05) is 18.0 Å². The molecule has 1 aromatic rings. The monoisotopic (exact) mass is 208 g/mol. The molecule has 1 aliphatic heterocycles. The van der Waals surface area contributed by atoms with Gasteiger partial charge in [-0.25, -0.2) is 4.98 Å². The van der Waals surface area contributed by atoms with E-state index >= 15 is 0 Å². The first-order valence-corrected chi connectivity index (χ1v) is 6.09. The Kier molecular flexibility index (Phi) is 3.43. The Morgan fingerprint density at radius 1 is 1.57 bits per heavy atom. The third-order valence-corrected chi connectivity index (χ3v) is 3.69. The molecule has 2 heterocycles. The van der Waals surface area contributed by atoms with Gasteiger partial charge in [0.15, 0.2) is 0 Å². The number of nitrogens with one attached hydrogen (secondary N) is 1. The zero-order chi connectivity index (χ0) is 9.80. The predicted octanol–water partition coefficient (Wildman–Crippen LogP) is 2.09. The predicted molar refractivity (Wildman–Crippen MR) is 60.7 cm³/mol. The number of rotatable bonds is 3. The number of nitrogens with zero attached hydrogens (tertiary/aromatic N) is 1. The summed E-state index contributed by atoms with van der Waals surface area (Å²) < 4.78 is 0. The van der Waals surface area contributed by atoms with Crippen molar-refractivity contribution >= 4 is 11.8 Å². The van der Waals surface area contributed by atoms with Crippen molar-refractivity contribution in [3.05, 3.63) is 23.9 Å². The van der Waals surface area contributed by atoms with Gasteiger partial charge >= 0.3 is 0 Å². The van der Waals surface area contributed by atoms with Crippen molar-refractivity contribution in [2.45, 2.75) is 18.4 Å². The second-order valence-electron chi connectivity index (χ2n) is 3.84. The number of aryl methyl sites for hydroxylation is 1. The van der Waals surface area contributed by atoms with E-state index < -0.39 is 0 Å². The molecule has 0 amide bonds. The smallest absolute Gasteiger partial charge is 0.0960 e. The van der Waals surface area contributed by atoms with E-state index in [1.54, 1.807) is 0 Å². The van der Waals surface area contributed by atoms with Gasteiger partial charge in [0.1, 0.15) is 0 Å². The van der Waals surface area contributed by atoms with Crippen LogP contribution >= 0.6 is 11.8 Å². The SMILES string of the molecule is Cc1ccc(SC[C@H]2CCNC2)nc1. The van der Waals surface area contributed by atoms with Gasteiger partial charge in [0.2, 0.25) is 0 Å². The molecule has 0 unspecified atom stereocenters. The normalized spacial score (nSPS) is 21.4. The lowest BCUT2D eigenvalue weighted by Gasteiger charge is -2.06. The number of thioether (sulfide) groups is 1. The van der Waals surface area contributed by atoms with Crippen LogP contribution in [0.1, 0.15) is 12.0 Å². The Hall–Kier alpha value is -0.540. The maximum absolute atomic E-state index is 4.38. The molecule has 14 heavy (non-hydrogen) atoms. The van der Waals surface area contributed by atoms with Gasteiger partial charge in [-0.05, 0) is 44.0 Å². The van der Waals surface area contributed by atoms with Crippen molar-refractivity contribution in [2.24, 2.45) is 5.92 Å². The third kappa shape index (κ3) is 2.72. The fraction of sp³-hybridized carbons (Fsp3) is 0.545. The number of pyridine rings is 1. The zero-order valence-electron chi connectivity index (χ0n) is 8.49. The molecule has 1 aromatic heterocycles. The van der Waals surface area contributed by atoms with Crippen molar-refractivity contribution in [3.63, 3.8) is 0 Å². The Morgan fingerprint density at radius 2 is 2.50 bits per heavy atom. The molecule has 1 atom stereocenters. The molecule has 0 aliphatic carbocycles. The molecule has 1 N–H and O–H groups in total. The summed E-state index contributed by atoms with van der Waals surface area (Å²) in [6.07, 6.45) is 3.26. The van der Waals surface area contributed by atoms with Crippen LogP contribution < -0.4 is 5.32 Å². The van der Waals surface area contributed by atoms with Gasteiger partial charge in [-0.2, -0.15) is 0 Å². The summed E-state index contributed by atoms with van der Waals surface area (Å²) in [5.74, 6) is 2.03. The van der Waals surface area contributed by atoms with Gasteiger partial charge in [0, 0.05) is 11.9 Å². The Morgan fingerprint density at radius 3 is 3.14 bits per heavy atom. The van der Waals surface area contributed by atoms with Crippen LogP contribution in [0.25, 0.3) is 0 Å². The van der Waals surface area contributed by atoms with Crippen LogP contribution in [0, 0.1) is 12.8 Å². The Bertz CT molecular complexity index is 278. The minimum Gasteiger partial charge on any atom is -0.316 e. The first-order chi connectivity index (χ1) is 6.84. The molecule has 0 spiro atoms. The quantitative estimate of drug-likeness (QED) is 0.770. The summed E-state index contributed by atoms with van der Waals surface area (Å²) in [7, 11) is 0. The van der Waals surface area contributed by atoms with Crippen molar-refractivity contribution in [1.29, 1.82) is 0 Å². The van der Waals surface area contributed by atoms with E-state index in [2.05, 4.69) is 29.4 Å². The lowest BCUT2D eigenvalue weighted by Crippen LogP contribution is -2.10. The van der Waals surface area contributed by atoms with Gasteiger partial charge in [0.25, 0.3) is 0 Å². The van der Waals surface area contributed by atoms with Gasteiger partial charge in [-0.1, -0.05) is 6.07 Å². The molecule has 0 radical (unpaired) electrons. The second-order valence-corrected chi connectivity index (χ2v) is 4.88. The fourth-order valence-electron chi connectivity index (χ4n) is 1.60. The summed E-state index contributed by atoms with van der Waals surface area (Å²) in [6.45, 7) is 4.44. The molecule has 1 aliphatic rings. The summed E-state index contributed by atoms with van der Waals surface area (Å²) in [5.41, 5.74) is 1.23. The van der Waals surface area contributed by atoms with E-state index in [0.29, 0.717) is 0 Å². The van der Waals surface area contributed by atoms with E-state index in [9.17, 15) is 0 Å². The summed E-state index contributed by atoms with van der Waals surface area (Å²) >= 11 is 1.88. The van der Waals surface area contributed by atoms with Crippen molar-refractivity contribution in [3.8, 4) is 0 Å². The van der Waals surface area contributed by atoms with Crippen LogP contribution in [0.2, 0.25) is 0 Å². The van der Waals surface area contributed by atoms with Gasteiger partial charge in [0.05, 0.1) is 5.03 Å². The van der Waals surface area contributed by atoms with E-state index in [0.717, 1.165) is 10.9 Å². The zero-order valence-corrected chi connectivity index (χ0v) is 9.31. The van der Waals surface area contributed by atoms with Crippen molar-refractivity contribution in [2.75, 3.05) is 18.8 Å². The molecule has 76 valence electrons. The van der Waals surface area contributed by atoms with E-state index in [1.165, 1.54) is 30.8 Å². The fourth-order valence-corrected chi connectivity index (χ4v) is 2.58. The summed E-state index contributed by atoms with van der Waals surface area (Å²) in [6, 6.07) is 4.24. The Labute approximate surface area is 89.5 Å². The molecule has 3 heteroatoms. The molecular formula is C11H16N2S.